The number of fused-ring (bicyclic) bond motifs is 1. The van der Waals surface area contributed by atoms with Crippen molar-refractivity contribution in [3.63, 3.8) is 0 Å². The maximum atomic E-state index is 12.9. The van der Waals surface area contributed by atoms with Crippen molar-refractivity contribution in [2.24, 2.45) is 11.3 Å². The first kappa shape index (κ1) is 20.7. The van der Waals surface area contributed by atoms with Crippen LogP contribution >= 0.6 is 0 Å². The fourth-order valence-corrected chi connectivity index (χ4v) is 5.09. The topological polar surface area (TPSA) is 62.3 Å². The molecule has 5 nitrogen and oxygen atoms in total. The van der Waals surface area contributed by atoms with Crippen molar-refractivity contribution in [1.82, 2.24) is 15.2 Å². The average molecular weight is 428 g/mol. The molecule has 2 aromatic carbocycles. The van der Waals surface area contributed by atoms with E-state index in [1.165, 1.54) is 10.8 Å². The average Bonchev–Trinajstić information content (AvgIpc) is 3.53. The van der Waals surface area contributed by atoms with Crippen LogP contribution in [0.3, 0.4) is 0 Å². The van der Waals surface area contributed by atoms with Gasteiger partial charge in [-0.1, -0.05) is 48.5 Å². The molecule has 2 amide bonds. The van der Waals surface area contributed by atoms with Crippen molar-refractivity contribution < 1.29 is 9.59 Å². The highest BCUT2D eigenvalue weighted by molar-refractivity contribution is 5.86. The standard InChI is InChI=1S/C27H29N3O2/c31-25(18-20-8-9-21-5-1-2-6-22(21)17-20)30-15-11-27(12-16-30)19-24(27)26(32)29-14-10-23-7-3-4-13-28-23/h1-9,13,17,24H,10-12,14-16,18-19H2,(H,29,32). The molecule has 1 unspecified atom stereocenters. The number of amides is 2. The van der Waals surface area contributed by atoms with Crippen LogP contribution in [-0.2, 0) is 22.4 Å². The molecule has 1 aromatic heterocycles. The predicted octanol–water partition coefficient (Wildman–Crippen LogP) is 3.76. The third-order valence-corrected chi connectivity index (χ3v) is 7.19. The van der Waals surface area contributed by atoms with Gasteiger partial charge in [-0.15, -0.1) is 0 Å². The number of piperidine rings is 1. The van der Waals surface area contributed by atoms with Gasteiger partial charge in [0, 0.05) is 43.9 Å². The quantitative estimate of drug-likeness (QED) is 0.652. The molecule has 1 aliphatic heterocycles. The van der Waals surface area contributed by atoms with E-state index in [9.17, 15) is 9.59 Å². The second-order valence-corrected chi connectivity index (χ2v) is 9.22. The summed E-state index contributed by atoms with van der Waals surface area (Å²) in [4.78, 5) is 31.8. The third-order valence-electron chi connectivity index (χ3n) is 7.19. The van der Waals surface area contributed by atoms with Gasteiger partial charge in [-0.3, -0.25) is 14.6 Å². The van der Waals surface area contributed by atoms with Crippen LogP contribution in [0.15, 0.2) is 66.9 Å². The Labute approximate surface area is 188 Å². The first-order valence-electron chi connectivity index (χ1n) is 11.6. The van der Waals surface area contributed by atoms with Crippen molar-refractivity contribution in [2.75, 3.05) is 19.6 Å². The molecule has 2 fully saturated rings. The Kier molecular flexibility index (Phi) is 5.64. The van der Waals surface area contributed by atoms with E-state index in [4.69, 9.17) is 0 Å². The van der Waals surface area contributed by atoms with Gasteiger partial charge in [0.25, 0.3) is 0 Å². The number of carbonyl (C=O) groups is 2. The maximum absolute atomic E-state index is 12.9. The number of rotatable bonds is 6. The Morgan fingerprint density at radius 1 is 1.00 bits per heavy atom. The minimum absolute atomic E-state index is 0.101. The van der Waals surface area contributed by atoms with Crippen molar-refractivity contribution in [3.05, 3.63) is 78.1 Å². The molecule has 1 N–H and O–H groups in total. The summed E-state index contributed by atoms with van der Waals surface area (Å²) < 4.78 is 0. The number of nitrogens with one attached hydrogen (secondary N) is 1. The number of hydrogen-bond donors (Lipinski definition) is 1. The number of carbonyl (C=O) groups excluding carboxylic acids is 2. The number of nitrogens with zero attached hydrogens (tertiary/aromatic N) is 2. The second-order valence-electron chi connectivity index (χ2n) is 9.22. The summed E-state index contributed by atoms with van der Waals surface area (Å²) in [6.07, 6.45) is 5.78. The summed E-state index contributed by atoms with van der Waals surface area (Å²) in [5.74, 6) is 0.452. The van der Waals surface area contributed by atoms with E-state index >= 15 is 0 Å². The molecule has 2 heterocycles. The summed E-state index contributed by atoms with van der Waals surface area (Å²) in [7, 11) is 0. The lowest BCUT2D eigenvalue weighted by molar-refractivity contribution is -0.132. The highest BCUT2D eigenvalue weighted by Gasteiger charge is 2.58. The molecule has 1 saturated carbocycles. The Morgan fingerprint density at radius 2 is 1.78 bits per heavy atom. The van der Waals surface area contributed by atoms with Crippen LogP contribution in [0.25, 0.3) is 10.8 Å². The smallest absolute Gasteiger partial charge is 0.226 e. The Morgan fingerprint density at radius 3 is 2.56 bits per heavy atom. The molecule has 32 heavy (non-hydrogen) atoms. The van der Waals surface area contributed by atoms with E-state index < -0.39 is 0 Å². The van der Waals surface area contributed by atoms with Crippen LogP contribution in [0.1, 0.15) is 30.5 Å². The zero-order chi connectivity index (χ0) is 22.0. The number of aromatic nitrogens is 1. The van der Waals surface area contributed by atoms with Gasteiger partial charge in [-0.25, -0.2) is 0 Å². The second kappa shape index (κ2) is 8.73. The van der Waals surface area contributed by atoms with E-state index in [0.29, 0.717) is 13.0 Å². The van der Waals surface area contributed by atoms with Crippen LogP contribution in [-0.4, -0.2) is 41.3 Å². The molecule has 1 saturated heterocycles. The zero-order valence-corrected chi connectivity index (χ0v) is 18.3. The fourth-order valence-electron chi connectivity index (χ4n) is 5.09. The van der Waals surface area contributed by atoms with Gasteiger partial charge in [-0.2, -0.15) is 0 Å². The molecule has 0 bridgehead atoms. The maximum Gasteiger partial charge on any atom is 0.226 e. The summed E-state index contributed by atoms with van der Waals surface area (Å²) in [5, 5.41) is 5.45. The van der Waals surface area contributed by atoms with Crippen molar-refractivity contribution in [1.29, 1.82) is 0 Å². The molecule has 1 aliphatic carbocycles. The number of likely N-dealkylation sites (tertiary alicyclic amines) is 1. The van der Waals surface area contributed by atoms with Gasteiger partial charge in [-0.05, 0) is 53.1 Å². The van der Waals surface area contributed by atoms with E-state index in [1.54, 1.807) is 6.20 Å². The molecular formula is C27H29N3O2. The van der Waals surface area contributed by atoms with E-state index in [0.717, 1.165) is 50.0 Å². The lowest BCUT2D eigenvalue weighted by Crippen LogP contribution is -2.41. The van der Waals surface area contributed by atoms with E-state index in [2.05, 4.69) is 40.6 Å². The Balaban J connectivity index is 1.09. The van der Waals surface area contributed by atoms with Gasteiger partial charge in [0.2, 0.25) is 11.8 Å². The normalized spacial score (nSPS) is 19.1. The minimum Gasteiger partial charge on any atom is -0.355 e. The molecule has 3 aromatic rings. The van der Waals surface area contributed by atoms with Gasteiger partial charge in [0.1, 0.15) is 0 Å². The van der Waals surface area contributed by atoms with E-state index in [1.807, 2.05) is 35.2 Å². The van der Waals surface area contributed by atoms with E-state index in [-0.39, 0.29) is 23.1 Å². The summed E-state index contributed by atoms with van der Waals surface area (Å²) in [5.41, 5.74) is 2.16. The molecule has 1 atom stereocenters. The van der Waals surface area contributed by atoms with Crippen LogP contribution in [0.2, 0.25) is 0 Å². The van der Waals surface area contributed by atoms with Crippen LogP contribution < -0.4 is 5.32 Å². The third kappa shape index (κ3) is 4.38. The van der Waals surface area contributed by atoms with Gasteiger partial charge < -0.3 is 10.2 Å². The molecule has 164 valence electrons. The monoisotopic (exact) mass is 427 g/mol. The Bertz CT molecular complexity index is 1120. The lowest BCUT2D eigenvalue weighted by Gasteiger charge is -2.33. The Hall–Kier alpha value is -3.21. The number of hydrogen-bond acceptors (Lipinski definition) is 3. The van der Waals surface area contributed by atoms with Crippen LogP contribution in [0.4, 0.5) is 0 Å². The summed E-state index contributed by atoms with van der Waals surface area (Å²) in [6.45, 7) is 2.13. The minimum atomic E-state index is 0.101. The lowest BCUT2D eigenvalue weighted by atomic mass is 9.90. The van der Waals surface area contributed by atoms with Crippen molar-refractivity contribution in [2.45, 2.75) is 32.1 Å². The molecule has 5 rings (SSSR count). The summed E-state index contributed by atoms with van der Waals surface area (Å²) >= 11 is 0. The first-order chi connectivity index (χ1) is 15.6. The van der Waals surface area contributed by atoms with Crippen LogP contribution in [0.5, 0.6) is 0 Å². The SMILES string of the molecule is O=C(NCCc1ccccn1)C1CC12CCN(C(=O)Cc1ccc3ccccc3c1)CC2. The first-order valence-corrected chi connectivity index (χ1v) is 11.6. The molecule has 0 radical (unpaired) electrons. The molecule has 5 heteroatoms. The van der Waals surface area contributed by atoms with Crippen molar-refractivity contribution in [3.8, 4) is 0 Å². The molecular weight excluding hydrogens is 398 g/mol. The molecule has 1 spiro atoms. The number of benzene rings is 2. The fraction of sp³-hybridized carbons (Fsp3) is 0.370. The van der Waals surface area contributed by atoms with Crippen LogP contribution in [0, 0.1) is 11.3 Å². The van der Waals surface area contributed by atoms with Gasteiger partial charge in [0.05, 0.1) is 6.42 Å². The molecule has 2 aliphatic rings. The highest BCUT2D eigenvalue weighted by atomic mass is 16.2. The highest BCUT2D eigenvalue weighted by Crippen LogP contribution is 2.59. The number of pyridine rings is 1. The zero-order valence-electron chi connectivity index (χ0n) is 18.3. The van der Waals surface area contributed by atoms with Gasteiger partial charge in [0.15, 0.2) is 0 Å². The predicted molar refractivity (Wildman–Crippen MR) is 125 cm³/mol. The van der Waals surface area contributed by atoms with Gasteiger partial charge >= 0.3 is 0 Å². The summed E-state index contributed by atoms with van der Waals surface area (Å²) in [6, 6.07) is 20.3. The van der Waals surface area contributed by atoms with Crippen molar-refractivity contribution >= 4 is 22.6 Å². The largest absolute Gasteiger partial charge is 0.355 e.